The molecule has 0 spiro atoms. The lowest BCUT2D eigenvalue weighted by molar-refractivity contribution is 0.177. The van der Waals surface area contributed by atoms with Gasteiger partial charge >= 0.3 is 6.09 Å². The highest BCUT2D eigenvalue weighted by Gasteiger charge is 2.18. The van der Waals surface area contributed by atoms with Crippen molar-refractivity contribution in [1.29, 1.82) is 0 Å². The number of amides is 1. The number of nitrogens with one attached hydrogen (secondary N) is 1. The normalized spacial score (nSPS) is 21.8. The van der Waals surface area contributed by atoms with Gasteiger partial charge in [0.05, 0.1) is 6.04 Å². The van der Waals surface area contributed by atoms with E-state index in [-0.39, 0.29) is 12.1 Å². The smallest absolute Gasteiger partial charge is 0.407 e. The van der Waals surface area contributed by atoms with E-state index < -0.39 is 0 Å². The zero-order valence-corrected chi connectivity index (χ0v) is 7.71. The summed E-state index contributed by atoms with van der Waals surface area (Å²) in [6.07, 6.45) is 3.60. The van der Waals surface area contributed by atoms with Crippen LogP contribution in [-0.2, 0) is 4.74 Å². The van der Waals surface area contributed by atoms with E-state index in [1.54, 1.807) is 11.3 Å². The monoisotopic (exact) mass is 195 g/mol. The zero-order chi connectivity index (χ0) is 9.10. The molecule has 1 N–H and O–H groups in total. The van der Waals surface area contributed by atoms with E-state index in [2.05, 4.69) is 5.32 Å². The molecule has 1 amide bonds. The summed E-state index contributed by atoms with van der Waals surface area (Å²) in [5.74, 6) is 0. The number of cyclic esters (lactones) is 1. The molecule has 2 heterocycles. The van der Waals surface area contributed by atoms with Crippen LogP contribution < -0.4 is 5.32 Å². The number of carbonyl (C=O) groups excluding carboxylic acids is 1. The van der Waals surface area contributed by atoms with Gasteiger partial charge in [-0.2, -0.15) is 0 Å². The number of alkyl carbamates (subject to hydrolysis) is 1. The Hall–Kier alpha value is -1.29. The first-order chi connectivity index (χ1) is 6.34. The van der Waals surface area contributed by atoms with Crippen molar-refractivity contribution < 1.29 is 9.53 Å². The maximum Gasteiger partial charge on any atom is 0.407 e. The van der Waals surface area contributed by atoms with Gasteiger partial charge in [-0.25, -0.2) is 4.79 Å². The number of hydrogen-bond acceptors (Lipinski definition) is 3. The quantitative estimate of drug-likeness (QED) is 0.782. The van der Waals surface area contributed by atoms with Gasteiger partial charge in [0.1, 0.15) is 6.61 Å². The lowest BCUT2D eigenvalue weighted by atomic mass is 10.3. The minimum Gasteiger partial charge on any atom is -0.447 e. The van der Waals surface area contributed by atoms with Crippen molar-refractivity contribution >= 4 is 23.5 Å². The van der Waals surface area contributed by atoms with Crippen molar-refractivity contribution in [3.63, 3.8) is 0 Å². The third-order valence-corrected chi connectivity index (χ3v) is 2.57. The average molecular weight is 195 g/mol. The summed E-state index contributed by atoms with van der Waals surface area (Å²) < 4.78 is 4.74. The number of hydrogen-bond donors (Lipinski definition) is 1. The lowest BCUT2D eigenvalue weighted by Gasteiger charge is -1.96. The zero-order valence-electron chi connectivity index (χ0n) is 6.90. The minimum atomic E-state index is -0.333. The highest BCUT2D eigenvalue weighted by Crippen LogP contribution is 2.11. The molecule has 68 valence electrons. The highest BCUT2D eigenvalue weighted by atomic mass is 32.1. The van der Waals surface area contributed by atoms with E-state index in [0.29, 0.717) is 6.61 Å². The van der Waals surface area contributed by atoms with Crippen LogP contribution in [0.2, 0.25) is 0 Å². The van der Waals surface area contributed by atoms with Crippen molar-refractivity contribution in [3.05, 3.63) is 28.5 Å². The van der Waals surface area contributed by atoms with Crippen molar-refractivity contribution in [2.45, 2.75) is 6.04 Å². The summed E-state index contributed by atoms with van der Waals surface area (Å²) in [6, 6.07) is 4.04. The molecule has 0 unspecified atom stereocenters. The van der Waals surface area contributed by atoms with E-state index in [0.717, 1.165) is 0 Å². The van der Waals surface area contributed by atoms with Crippen LogP contribution in [0, 0.1) is 0 Å². The molecule has 1 aliphatic rings. The Balaban J connectivity index is 1.94. The fraction of sp³-hybridized carbons (Fsp3) is 0.222. The molecule has 0 radical (unpaired) electrons. The number of rotatable bonds is 2. The van der Waals surface area contributed by atoms with E-state index in [9.17, 15) is 4.79 Å². The van der Waals surface area contributed by atoms with E-state index in [4.69, 9.17) is 4.74 Å². The van der Waals surface area contributed by atoms with Crippen LogP contribution in [0.4, 0.5) is 4.79 Å². The van der Waals surface area contributed by atoms with Crippen molar-refractivity contribution in [2.24, 2.45) is 0 Å². The minimum absolute atomic E-state index is 0.0228. The molecule has 0 aliphatic carbocycles. The summed E-state index contributed by atoms with van der Waals surface area (Å²) in [6.45, 7) is 0.431. The van der Waals surface area contributed by atoms with Gasteiger partial charge in [0.2, 0.25) is 0 Å². The Morgan fingerprint density at radius 3 is 3.23 bits per heavy atom. The van der Waals surface area contributed by atoms with Crippen LogP contribution in [0.5, 0.6) is 0 Å². The van der Waals surface area contributed by atoms with Crippen LogP contribution in [0.15, 0.2) is 23.6 Å². The fourth-order valence-corrected chi connectivity index (χ4v) is 1.73. The summed E-state index contributed by atoms with van der Waals surface area (Å²) in [5.41, 5.74) is 0. The van der Waals surface area contributed by atoms with Crippen LogP contribution in [0.1, 0.15) is 4.88 Å². The fourth-order valence-electron chi connectivity index (χ4n) is 1.10. The summed E-state index contributed by atoms with van der Waals surface area (Å²) >= 11 is 1.67. The predicted octanol–water partition coefficient (Wildman–Crippen LogP) is 1.87. The molecule has 13 heavy (non-hydrogen) atoms. The van der Waals surface area contributed by atoms with Crippen molar-refractivity contribution in [1.82, 2.24) is 5.32 Å². The van der Waals surface area contributed by atoms with Gasteiger partial charge in [-0.05, 0) is 17.5 Å². The Morgan fingerprint density at radius 2 is 2.62 bits per heavy atom. The van der Waals surface area contributed by atoms with E-state index >= 15 is 0 Å². The standard InChI is InChI=1S/C9H9NO2S/c11-9-10-7(6-12-9)3-4-8-2-1-5-13-8/h1-5,7H,6H2,(H,10,11)/b4-3-/t7-/m1/s1. The molecule has 4 heteroatoms. The molecule has 1 aliphatic heterocycles. The molecule has 1 aromatic heterocycles. The number of ether oxygens (including phenoxy) is 1. The van der Waals surface area contributed by atoms with Gasteiger partial charge in [-0.3, -0.25) is 0 Å². The van der Waals surface area contributed by atoms with Crippen LogP contribution in [-0.4, -0.2) is 18.7 Å². The molecule has 1 fully saturated rings. The maximum absolute atomic E-state index is 10.7. The molecule has 3 nitrogen and oxygen atoms in total. The van der Waals surface area contributed by atoms with E-state index in [1.807, 2.05) is 29.7 Å². The largest absolute Gasteiger partial charge is 0.447 e. The second kappa shape index (κ2) is 3.62. The van der Waals surface area contributed by atoms with Gasteiger partial charge in [0.25, 0.3) is 0 Å². The van der Waals surface area contributed by atoms with Gasteiger partial charge in [-0.1, -0.05) is 12.1 Å². The lowest BCUT2D eigenvalue weighted by Crippen LogP contribution is -2.23. The third-order valence-electron chi connectivity index (χ3n) is 1.73. The first-order valence-corrected chi connectivity index (χ1v) is 4.87. The average Bonchev–Trinajstić information content (AvgIpc) is 2.71. The first-order valence-electron chi connectivity index (χ1n) is 3.99. The molecule has 1 atom stereocenters. The van der Waals surface area contributed by atoms with Gasteiger partial charge < -0.3 is 10.1 Å². The first kappa shape index (κ1) is 8.31. The molecular weight excluding hydrogens is 186 g/mol. The molecule has 0 bridgehead atoms. The molecule has 0 saturated carbocycles. The highest BCUT2D eigenvalue weighted by molar-refractivity contribution is 7.10. The van der Waals surface area contributed by atoms with Crippen molar-refractivity contribution in [2.75, 3.05) is 6.61 Å². The maximum atomic E-state index is 10.7. The Bertz CT molecular complexity index is 318. The number of carbonyl (C=O) groups is 1. The topological polar surface area (TPSA) is 38.3 Å². The second-order valence-corrected chi connectivity index (χ2v) is 3.70. The molecule has 2 rings (SSSR count). The van der Waals surface area contributed by atoms with Crippen LogP contribution in [0.3, 0.4) is 0 Å². The van der Waals surface area contributed by atoms with Crippen LogP contribution in [0.25, 0.3) is 6.08 Å². The Labute approximate surface area is 80.0 Å². The van der Waals surface area contributed by atoms with Crippen LogP contribution >= 0.6 is 11.3 Å². The molecular formula is C9H9NO2S. The third kappa shape index (κ3) is 2.09. The molecule has 1 saturated heterocycles. The molecule has 0 aromatic carbocycles. The number of thiophene rings is 1. The summed E-state index contributed by atoms with van der Waals surface area (Å²) in [5, 5.41) is 4.69. The SMILES string of the molecule is O=C1N[C@H](/C=C\c2cccs2)CO1. The van der Waals surface area contributed by atoms with Gasteiger partial charge in [-0.15, -0.1) is 11.3 Å². The Morgan fingerprint density at radius 1 is 1.69 bits per heavy atom. The summed E-state index contributed by atoms with van der Waals surface area (Å²) in [4.78, 5) is 11.8. The van der Waals surface area contributed by atoms with Gasteiger partial charge in [0.15, 0.2) is 0 Å². The Kier molecular flexibility index (Phi) is 2.31. The summed E-state index contributed by atoms with van der Waals surface area (Å²) in [7, 11) is 0. The predicted molar refractivity (Wildman–Crippen MR) is 51.6 cm³/mol. The van der Waals surface area contributed by atoms with Gasteiger partial charge in [0, 0.05) is 4.88 Å². The van der Waals surface area contributed by atoms with E-state index in [1.165, 1.54) is 4.88 Å². The molecule has 1 aromatic rings. The van der Waals surface area contributed by atoms with Crippen molar-refractivity contribution in [3.8, 4) is 0 Å². The second-order valence-electron chi connectivity index (χ2n) is 2.72.